The number of aromatic amines is 1. The lowest BCUT2D eigenvalue weighted by molar-refractivity contribution is 0.0435. The Morgan fingerprint density at radius 3 is 1.80 bits per heavy atom. The number of fused-ring (bicyclic) bond motifs is 1. The second-order valence-corrected chi connectivity index (χ2v) is 21.3. The third kappa shape index (κ3) is 11.0. The van der Waals surface area contributed by atoms with Crippen LogP contribution in [-0.2, 0) is 27.9 Å². The maximum Gasteiger partial charge on any atom is 0.316 e. The fraction of sp³-hybridized carbons (Fsp3) is 0.625. The van der Waals surface area contributed by atoms with Crippen LogP contribution in [-0.4, -0.2) is 74.0 Å². The Morgan fingerprint density at radius 2 is 1.25 bits per heavy atom. The van der Waals surface area contributed by atoms with Crippen LogP contribution >= 0.6 is 0 Å². The molecule has 3 unspecified atom stereocenters. The summed E-state index contributed by atoms with van der Waals surface area (Å²) in [5, 5.41) is 11.9. The highest BCUT2D eigenvalue weighted by molar-refractivity contribution is 7.82. The third-order valence-electron chi connectivity index (χ3n) is 13.9. The standard InChI is InChI=1S/C48H68N8O6S2/c1-33(45-50-49-44-32-43(48(2,3)4)51-56(44)45)52-63(59)61-40-27-17-18-35(31-40)53-64(60)62-42-30-34(46(57)54(36-19-9-5-10-20-36)37-21-11-6-12-22-37)28-29-41(42)47(58)55(38-23-13-7-14-24-38)39-25-15-8-16-26-39/h17-18,27-33,36-39,51-53H,5-16,19-26H2,1-4H3. The maximum atomic E-state index is 15.0. The van der Waals surface area contributed by atoms with Crippen molar-refractivity contribution in [1.29, 1.82) is 0 Å². The van der Waals surface area contributed by atoms with E-state index in [0.29, 0.717) is 28.3 Å². The molecular formula is C48H68N8O6S2. The largest absolute Gasteiger partial charge is 0.389 e. The van der Waals surface area contributed by atoms with E-state index in [1.807, 2.05) is 13.0 Å². The van der Waals surface area contributed by atoms with E-state index in [-0.39, 0.29) is 52.9 Å². The fourth-order valence-electron chi connectivity index (χ4n) is 10.5. The van der Waals surface area contributed by atoms with Crippen LogP contribution in [0, 0.1) is 0 Å². The zero-order valence-corrected chi connectivity index (χ0v) is 39.8. The summed E-state index contributed by atoms with van der Waals surface area (Å²) in [5.41, 5.74) is 2.68. The van der Waals surface area contributed by atoms with E-state index in [1.165, 1.54) is 25.7 Å². The molecule has 2 aromatic heterocycles. The van der Waals surface area contributed by atoms with Crippen molar-refractivity contribution in [2.24, 2.45) is 0 Å². The molecule has 3 atom stereocenters. The van der Waals surface area contributed by atoms with Gasteiger partial charge in [-0.25, -0.2) is 4.52 Å². The average Bonchev–Trinajstić information content (AvgIpc) is 3.91. The molecule has 2 heterocycles. The molecule has 0 spiro atoms. The van der Waals surface area contributed by atoms with Crippen molar-refractivity contribution in [3.05, 3.63) is 71.2 Å². The molecule has 3 N–H and O–H groups in total. The number of benzene rings is 2. The molecular weight excluding hydrogens is 849 g/mol. The Hall–Kier alpha value is -4.28. The highest BCUT2D eigenvalue weighted by atomic mass is 32.2. The zero-order chi connectivity index (χ0) is 44.8. The van der Waals surface area contributed by atoms with Gasteiger partial charge in [0.05, 0.1) is 17.3 Å². The van der Waals surface area contributed by atoms with Crippen molar-refractivity contribution in [2.75, 3.05) is 4.72 Å². The Kier molecular flexibility index (Phi) is 15.1. The minimum absolute atomic E-state index is 0.0467. The van der Waals surface area contributed by atoms with E-state index in [9.17, 15) is 18.0 Å². The lowest BCUT2D eigenvalue weighted by atomic mass is 9.87. The first-order chi connectivity index (χ1) is 30.9. The number of aromatic nitrogens is 4. The molecule has 8 rings (SSSR count). The summed E-state index contributed by atoms with van der Waals surface area (Å²) < 4.78 is 46.9. The number of H-pyrrole nitrogens is 1. The summed E-state index contributed by atoms with van der Waals surface area (Å²) in [4.78, 5) is 34.0. The predicted molar refractivity (Wildman–Crippen MR) is 251 cm³/mol. The molecule has 4 aliphatic carbocycles. The molecule has 4 aromatic rings. The Bertz CT molecular complexity index is 2230. The molecule has 0 bridgehead atoms. The molecule has 4 fully saturated rings. The van der Waals surface area contributed by atoms with Gasteiger partial charge in [-0.15, -0.1) is 10.2 Å². The van der Waals surface area contributed by atoms with Gasteiger partial charge in [0, 0.05) is 53.0 Å². The molecule has 14 nitrogen and oxygen atoms in total. The highest BCUT2D eigenvalue weighted by Gasteiger charge is 2.37. The van der Waals surface area contributed by atoms with Crippen molar-refractivity contribution < 1.29 is 26.4 Å². The van der Waals surface area contributed by atoms with Gasteiger partial charge in [-0.1, -0.05) is 104 Å². The van der Waals surface area contributed by atoms with Gasteiger partial charge in [0.2, 0.25) is 0 Å². The summed E-state index contributed by atoms with van der Waals surface area (Å²) in [6.45, 7) is 8.13. The molecule has 0 saturated heterocycles. The second kappa shape index (κ2) is 20.9. The van der Waals surface area contributed by atoms with Crippen LogP contribution in [0.25, 0.3) is 5.65 Å². The summed E-state index contributed by atoms with van der Waals surface area (Å²) in [7, 11) is 0. The van der Waals surface area contributed by atoms with Gasteiger partial charge in [-0.2, -0.15) is 13.1 Å². The van der Waals surface area contributed by atoms with Crippen molar-refractivity contribution in [3.8, 4) is 11.5 Å². The van der Waals surface area contributed by atoms with E-state index >= 15 is 0 Å². The van der Waals surface area contributed by atoms with Gasteiger partial charge in [-0.05, 0) is 88.6 Å². The van der Waals surface area contributed by atoms with Crippen LogP contribution in [0.5, 0.6) is 11.5 Å². The predicted octanol–water partition coefficient (Wildman–Crippen LogP) is 9.95. The molecule has 2 amide bonds. The van der Waals surface area contributed by atoms with Gasteiger partial charge >= 0.3 is 11.3 Å². The van der Waals surface area contributed by atoms with E-state index in [0.717, 1.165) is 108 Å². The number of anilines is 1. The topological polar surface area (TPSA) is 163 Å². The van der Waals surface area contributed by atoms with E-state index in [1.54, 1.807) is 47.0 Å². The number of amides is 2. The van der Waals surface area contributed by atoms with Gasteiger partial charge in [0.25, 0.3) is 23.1 Å². The van der Waals surface area contributed by atoms with Crippen LogP contribution in [0.2, 0.25) is 0 Å². The SMILES string of the molecule is CC(NS(=O)Oc1cccc(NS(=O)Oc2cc(C(=O)N(C3CCCCC3)C3CCCCC3)ccc2C(=O)N(C2CCCCC2)C2CCCCC2)c1)c1nnc2cc(C(C)(C)C)[nH]n12. The van der Waals surface area contributed by atoms with Crippen LogP contribution in [0.1, 0.15) is 194 Å². The number of nitrogens with zero attached hydrogens (tertiary/aromatic N) is 5. The van der Waals surface area contributed by atoms with Crippen LogP contribution < -0.4 is 17.8 Å². The summed E-state index contributed by atoms with van der Waals surface area (Å²) in [6, 6.07) is 13.9. The number of carbonyl (C=O) groups is 2. The van der Waals surface area contributed by atoms with Gasteiger partial charge in [0.15, 0.2) is 17.2 Å². The number of carbonyl (C=O) groups excluding carboxylic acids is 2. The van der Waals surface area contributed by atoms with Gasteiger partial charge in [-0.3, -0.25) is 19.4 Å². The molecule has 64 heavy (non-hydrogen) atoms. The minimum Gasteiger partial charge on any atom is -0.389 e. The second-order valence-electron chi connectivity index (χ2n) is 19.6. The monoisotopic (exact) mass is 916 g/mol. The lowest BCUT2D eigenvalue weighted by Crippen LogP contribution is -2.49. The Morgan fingerprint density at radius 1 is 0.703 bits per heavy atom. The van der Waals surface area contributed by atoms with Gasteiger partial charge in [0.1, 0.15) is 5.75 Å². The smallest absolute Gasteiger partial charge is 0.316 e. The number of nitrogens with one attached hydrogen (secondary N) is 3. The highest BCUT2D eigenvalue weighted by Crippen LogP contribution is 2.36. The molecule has 0 radical (unpaired) electrons. The third-order valence-corrected chi connectivity index (χ3v) is 15.5. The van der Waals surface area contributed by atoms with Crippen molar-refractivity contribution in [3.63, 3.8) is 0 Å². The maximum absolute atomic E-state index is 15.0. The lowest BCUT2D eigenvalue weighted by Gasteiger charge is -2.42. The molecule has 16 heteroatoms. The Labute approximate surface area is 384 Å². The molecule has 348 valence electrons. The quantitative estimate of drug-likeness (QED) is 0.106. The number of hydrogen-bond donors (Lipinski definition) is 3. The first-order valence-corrected chi connectivity index (χ1v) is 26.1. The van der Waals surface area contributed by atoms with Crippen LogP contribution in [0.3, 0.4) is 0 Å². The van der Waals surface area contributed by atoms with E-state index < -0.39 is 28.6 Å². The first kappa shape index (κ1) is 46.3. The zero-order valence-electron chi connectivity index (χ0n) is 38.1. The van der Waals surface area contributed by atoms with Crippen LogP contribution in [0.4, 0.5) is 5.69 Å². The number of rotatable bonds is 15. The Balaban J connectivity index is 1.02. The van der Waals surface area contributed by atoms with Crippen molar-refractivity contribution >= 4 is 45.7 Å². The normalized spacial score (nSPS) is 20.1. The average molecular weight is 917 g/mol. The summed E-state index contributed by atoms with van der Waals surface area (Å²) in [5.74, 6) is 0.751. The fourth-order valence-corrected chi connectivity index (χ4v) is 11.9. The number of hydrogen-bond acceptors (Lipinski definition) is 8. The molecule has 2 aromatic carbocycles. The molecule has 4 saturated carbocycles. The van der Waals surface area contributed by atoms with Gasteiger partial charge < -0.3 is 18.2 Å². The van der Waals surface area contributed by atoms with Crippen molar-refractivity contribution in [1.82, 2.24) is 34.3 Å². The first-order valence-electron chi connectivity index (χ1n) is 24.0. The minimum atomic E-state index is -2.19. The van der Waals surface area contributed by atoms with Crippen molar-refractivity contribution in [2.45, 2.75) is 192 Å². The molecule has 4 aliphatic rings. The van der Waals surface area contributed by atoms with E-state index in [2.05, 4.69) is 55.3 Å². The van der Waals surface area contributed by atoms with Crippen LogP contribution in [0.15, 0.2) is 48.5 Å². The molecule has 0 aliphatic heterocycles. The summed E-state index contributed by atoms with van der Waals surface area (Å²) >= 11 is -4.18. The van der Waals surface area contributed by atoms with E-state index in [4.69, 9.17) is 8.37 Å². The summed E-state index contributed by atoms with van der Waals surface area (Å²) in [6.07, 6.45) is 21.4.